The molecule has 0 heterocycles. The third-order valence-corrected chi connectivity index (χ3v) is 2.56. The molecular formula is C11H12O3S. The molecular weight excluding hydrogens is 212 g/mol. The molecule has 1 rings (SSSR count). The second-order valence-corrected chi connectivity index (χ2v) is 4.39. The largest absolute Gasteiger partial charge is 0.481 e. The summed E-state index contributed by atoms with van der Waals surface area (Å²) in [5.74, 6) is -0.806. The van der Waals surface area contributed by atoms with E-state index in [0.717, 1.165) is 22.2 Å². The Kier molecular flexibility index (Phi) is 4.37. The Morgan fingerprint density at radius 2 is 2.13 bits per heavy atom. The lowest BCUT2D eigenvalue weighted by molar-refractivity contribution is -0.137. The van der Waals surface area contributed by atoms with Crippen molar-refractivity contribution >= 4 is 22.8 Å². The molecule has 0 atom stereocenters. The summed E-state index contributed by atoms with van der Waals surface area (Å²) in [5.41, 5.74) is 0.948. The lowest BCUT2D eigenvalue weighted by atomic mass is 10.1. The van der Waals surface area contributed by atoms with Gasteiger partial charge in [0.25, 0.3) is 0 Å². The molecule has 1 aromatic rings. The maximum Gasteiger partial charge on any atom is 0.303 e. The number of aryl methyl sites for hydroxylation is 1. The first-order valence-electron chi connectivity index (χ1n) is 4.57. The first kappa shape index (κ1) is 11.8. The van der Waals surface area contributed by atoms with Crippen molar-refractivity contribution in [2.75, 3.05) is 0 Å². The van der Waals surface area contributed by atoms with E-state index in [1.807, 2.05) is 24.3 Å². The van der Waals surface area contributed by atoms with E-state index in [-0.39, 0.29) is 11.5 Å². The molecule has 0 saturated carbocycles. The van der Waals surface area contributed by atoms with Crippen LogP contribution < -0.4 is 0 Å². The van der Waals surface area contributed by atoms with Gasteiger partial charge in [-0.3, -0.25) is 9.59 Å². The molecule has 4 heteroatoms. The van der Waals surface area contributed by atoms with Crippen molar-refractivity contribution in [3.05, 3.63) is 29.8 Å². The van der Waals surface area contributed by atoms with Crippen LogP contribution >= 0.6 is 11.8 Å². The highest BCUT2D eigenvalue weighted by molar-refractivity contribution is 8.13. The number of carbonyl (C=O) groups excluding carboxylic acids is 1. The van der Waals surface area contributed by atoms with E-state index in [1.165, 1.54) is 6.92 Å². The highest BCUT2D eigenvalue weighted by Crippen LogP contribution is 2.20. The molecule has 0 aliphatic heterocycles. The fourth-order valence-electron chi connectivity index (χ4n) is 1.18. The Balaban J connectivity index is 2.65. The van der Waals surface area contributed by atoms with Crippen LogP contribution in [0.2, 0.25) is 0 Å². The van der Waals surface area contributed by atoms with Gasteiger partial charge in [-0.25, -0.2) is 0 Å². The van der Waals surface area contributed by atoms with Crippen LogP contribution in [0.1, 0.15) is 18.9 Å². The van der Waals surface area contributed by atoms with Crippen LogP contribution in [0.4, 0.5) is 0 Å². The van der Waals surface area contributed by atoms with Crippen molar-refractivity contribution in [1.29, 1.82) is 0 Å². The molecule has 0 bridgehead atoms. The minimum absolute atomic E-state index is 0.0328. The lowest BCUT2D eigenvalue weighted by Gasteiger charge is -2.01. The van der Waals surface area contributed by atoms with Crippen LogP contribution in [-0.4, -0.2) is 16.2 Å². The maximum atomic E-state index is 10.9. The van der Waals surface area contributed by atoms with E-state index in [0.29, 0.717) is 6.42 Å². The minimum atomic E-state index is -0.806. The summed E-state index contributed by atoms with van der Waals surface area (Å²) in [5, 5.41) is 8.56. The number of hydrogen-bond donors (Lipinski definition) is 1. The molecule has 0 radical (unpaired) electrons. The summed E-state index contributed by atoms with van der Waals surface area (Å²) in [6, 6.07) is 7.40. The van der Waals surface area contributed by atoms with Crippen molar-refractivity contribution in [3.63, 3.8) is 0 Å². The maximum absolute atomic E-state index is 10.9. The Hall–Kier alpha value is -1.29. The van der Waals surface area contributed by atoms with E-state index in [2.05, 4.69) is 0 Å². The zero-order chi connectivity index (χ0) is 11.3. The normalized spacial score (nSPS) is 9.93. The molecule has 0 amide bonds. The molecule has 3 nitrogen and oxygen atoms in total. The average Bonchev–Trinajstić information content (AvgIpc) is 2.14. The zero-order valence-electron chi connectivity index (χ0n) is 8.40. The number of carboxylic acids is 1. The molecule has 0 aromatic heterocycles. The number of aliphatic carboxylic acids is 1. The second kappa shape index (κ2) is 5.56. The number of carboxylic acid groups (broad SMARTS) is 1. The minimum Gasteiger partial charge on any atom is -0.481 e. The summed E-state index contributed by atoms with van der Waals surface area (Å²) < 4.78 is 0. The smallest absolute Gasteiger partial charge is 0.303 e. The second-order valence-electron chi connectivity index (χ2n) is 3.13. The van der Waals surface area contributed by atoms with Crippen LogP contribution in [-0.2, 0) is 16.0 Å². The van der Waals surface area contributed by atoms with Gasteiger partial charge >= 0.3 is 5.97 Å². The van der Waals surface area contributed by atoms with Gasteiger partial charge in [0.1, 0.15) is 0 Å². The summed E-state index contributed by atoms with van der Waals surface area (Å²) in [4.78, 5) is 22.1. The molecule has 1 aromatic carbocycles. The highest BCUT2D eigenvalue weighted by atomic mass is 32.2. The van der Waals surface area contributed by atoms with Crippen molar-refractivity contribution < 1.29 is 14.7 Å². The van der Waals surface area contributed by atoms with Gasteiger partial charge < -0.3 is 5.11 Å². The van der Waals surface area contributed by atoms with E-state index >= 15 is 0 Å². The van der Waals surface area contributed by atoms with Crippen LogP contribution in [0, 0.1) is 0 Å². The molecule has 0 fully saturated rings. The van der Waals surface area contributed by atoms with E-state index in [1.54, 1.807) is 0 Å². The third kappa shape index (κ3) is 4.65. The van der Waals surface area contributed by atoms with E-state index in [4.69, 9.17) is 5.11 Å². The molecule has 1 N–H and O–H groups in total. The Labute approximate surface area is 92.5 Å². The van der Waals surface area contributed by atoms with E-state index in [9.17, 15) is 9.59 Å². The first-order valence-corrected chi connectivity index (χ1v) is 5.39. The number of carbonyl (C=O) groups is 2. The van der Waals surface area contributed by atoms with Crippen molar-refractivity contribution in [2.24, 2.45) is 0 Å². The van der Waals surface area contributed by atoms with Gasteiger partial charge in [-0.05, 0) is 24.1 Å². The summed E-state index contributed by atoms with van der Waals surface area (Å²) in [6.07, 6.45) is 0.621. The van der Waals surface area contributed by atoms with Crippen molar-refractivity contribution in [2.45, 2.75) is 24.7 Å². The Morgan fingerprint density at radius 1 is 1.40 bits per heavy atom. The van der Waals surface area contributed by atoms with Gasteiger partial charge in [-0.15, -0.1) is 0 Å². The van der Waals surface area contributed by atoms with Gasteiger partial charge in [-0.1, -0.05) is 23.9 Å². The molecule has 0 aliphatic rings. The van der Waals surface area contributed by atoms with Gasteiger partial charge in [0.15, 0.2) is 5.12 Å². The van der Waals surface area contributed by atoms with Gasteiger partial charge in [0.2, 0.25) is 0 Å². The van der Waals surface area contributed by atoms with Gasteiger partial charge in [0, 0.05) is 18.2 Å². The number of rotatable bonds is 4. The van der Waals surface area contributed by atoms with Crippen LogP contribution in [0.5, 0.6) is 0 Å². The molecule has 0 saturated heterocycles. The predicted octanol–water partition coefficient (Wildman–Crippen LogP) is 2.34. The molecule has 15 heavy (non-hydrogen) atoms. The topological polar surface area (TPSA) is 54.4 Å². The fourth-order valence-corrected chi connectivity index (χ4v) is 1.87. The predicted molar refractivity (Wildman–Crippen MR) is 58.9 cm³/mol. The van der Waals surface area contributed by atoms with E-state index < -0.39 is 5.97 Å². The summed E-state index contributed by atoms with van der Waals surface area (Å²) in [6.45, 7) is 1.51. The van der Waals surface area contributed by atoms with Crippen molar-refractivity contribution in [1.82, 2.24) is 0 Å². The summed E-state index contributed by atoms with van der Waals surface area (Å²) >= 11 is 1.16. The fraction of sp³-hybridized carbons (Fsp3) is 0.273. The molecule has 0 unspecified atom stereocenters. The van der Waals surface area contributed by atoms with Gasteiger partial charge in [-0.2, -0.15) is 0 Å². The van der Waals surface area contributed by atoms with Crippen LogP contribution in [0.3, 0.4) is 0 Å². The quantitative estimate of drug-likeness (QED) is 0.797. The highest BCUT2D eigenvalue weighted by Gasteiger charge is 2.02. The molecule has 80 valence electrons. The lowest BCUT2D eigenvalue weighted by Crippen LogP contribution is -1.97. The monoisotopic (exact) mass is 224 g/mol. The number of hydrogen-bond acceptors (Lipinski definition) is 3. The Bertz CT molecular complexity index is 374. The standard InChI is InChI=1S/C11H12O3S/c1-8(12)15-10-4-2-3-9(7-10)5-6-11(13)14/h2-4,7H,5-6H2,1H3,(H,13,14). The average molecular weight is 224 g/mol. The third-order valence-electron chi connectivity index (χ3n) is 1.79. The van der Waals surface area contributed by atoms with Crippen molar-refractivity contribution in [3.8, 4) is 0 Å². The molecule has 0 aliphatic carbocycles. The zero-order valence-corrected chi connectivity index (χ0v) is 9.21. The van der Waals surface area contributed by atoms with Gasteiger partial charge in [0.05, 0.1) is 0 Å². The SMILES string of the molecule is CC(=O)Sc1cccc(CCC(=O)O)c1. The summed E-state index contributed by atoms with van der Waals surface area (Å²) in [7, 11) is 0. The Morgan fingerprint density at radius 3 is 2.73 bits per heavy atom. The number of benzene rings is 1. The number of thioether (sulfide) groups is 1. The van der Waals surface area contributed by atoms with Crippen LogP contribution in [0.25, 0.3) is 0 Å². The first-order chi connectivity index (χ1) is 7.08. The van der Waals surface area contributed by atoms with Crippen LogP contribution in [0.15, 0.2) is 29.2 Å². The molecule has 0 spiro atoms.